The second-order valence-electron chi connectivity index (χ2n) is 8.43. The van der Waals surface area contributed by atoms with Crippen LogP contribution in [0.4, 0.5) is 4.79 Å². The van der Waals surface area contributed by atoms with Crippen molar-refractivity contribution >= 4 is 12.0 Å². The molecule has 32 heavy (non-hydrogen) atoms. The molecule has 6 nitrogen and oxygen atoms in total. The predicted octanol–water partition coefficient (Wildman–Crippen LogP) is 5.16. The number of amides is 2. The van der Waals surface area contributed by atoms with Gasteiger partial charge in [0.25, 0.3) is 0 Å². The van der Waals surface area contributed by atoms with Crippen molar-refractivity contribution in [3.05, 3.63) is 77.0 Å². The van der Waals surface area contributed by atoms with Gasteiger partial charge in [0, 0.05) is 5.70 Å². The maximum absolute atomic E-state index is 13.1. The molecule has 1 aliphatic carbocycles. The van der Waals surface area contributed by atoms with Gasteiger partial charge in [0.05, 0.1) is 11.6 Å². The van der Waals surface area contributed by atoms with Crippen LogP contribution in [0.15, 0.2) is 65.9 Å². The highest BCUT2D eigenvalue weighted by Crippen LogP contribution is 2.30. The van der Waals surface area contributed by atoms with Crippen LogP contribution in [0.5, 0.6) is 5.75 Å². The molecule has 2 aromatic carbocycles. The van der Waals surface area contributed by atoms with Crippen molar-refractivity contribution in [1.29, 1.82) is 0 Å². The summed E-state index contributed by atoms with van der Waals surface area (Å²) in [6, 6.07) is 16.5. The molecular formula is C26H30N2O4. The minimum atomic E-state index is -0.565. The summed E-state index contributed by atoms with van der Waals surface area (Å²) in [7, 11) is 0. The van der Waals surface area contributed by atoms with Gasteiger partial charge in [0.1, 0.15) is 18.5 Å². The van der Waals surface area contributed by atoms with Crippen LogP contribution in [-0.2, 0) is 16.1 Å². The predicted molar refractivity (Wildman–Crippen MR) is 122 cm³/mol. The van der Waals surface area contributed by atoms with E-state index in [0.717, 1.165) is 42.6 Å². The Labute approximate surface area is 189 Å². The lowest BCUT2D eigenvalue weighted by molar-refractivity contribution is -0.145. The van der Waals surface area contributed by atoms with Gasteiger partial charge in [-0.05, 0) is 55.9 Å². The molecule has 2 aliphatic rings. The SMILES string of the molecule is CC1=C(C(=O)OC2CCCCCC2)C(c2ccc(OCc3ccccc3)cc2)NC(=O)N1. The van der Waals surface area contributed by atoms with Crippen LogP contribution < -0.4 is 15.4 Å². The van der Waals surface area contributed by atoms with Crippen molar-refractivity contribution in [1.82, 2.24) is 10.6 Å². The van der Waals surface area contributed by atoms with E-state index in [0.29, 0.717) is 17.9 Å². The monoisotopic (exact) mass is 434 g/mol. The second-order valence-corrected chi connectivity index (χ2v) is 8.43. The smallest absolute Gasteiger partial charge is 0.338 e. The number of nitrogens with one attached hydrogen (secondary N) is 2. The molecule has 168 valence electrons. The fraction of sp³-hybridized carbons (Fsp3) is 0.385. The van der Waals surface area contributed by atoms with Crippen molar-refractivity contribution < 1.29 is 19.1 Å². The first-order chi connectivity index (χ1) is 15.6. The molecule has 0 radical (unpaired) electrons. The van der Waals surface area contributed by atoms with E-state index in [-0.39, 0.29) is 18.1 Å². The maximum Gasteiger partial charge on any atom is 0.338 e. The van der Waals surface area contributed by atoms with Gasteiger partial charge < -0.3 is 20.1 Å². The first kappa shape index (κ1) is 21.9. The molecule has 0 aromatic heterocycles. The van der Waals surface area contributed by atoms with Crippen LogP contribution in [-0.4, -0.2) is 18.1 Å². The maximum atomic E-state index is 13.1. The zero-order chi connectivity index (χ0) is 22.3. The normalized spacial score (nSPS) is 19.5. The molecular weight excluding hydrogens is 404 g/mol. The number of allylic oxidation sites excluding steroid dienone is 1. The fourth-order valence-corrected chi connectivity index (χ4v) is 4.29. The number of benzene rings is 2. The lowest BCUT2D eigenvalue weighted by atomic mass is 9.95. The zero-order valence-electron chi connectivity index (χ0n) is 18.4. The van der Waals surface area contributed by atoms with Gasteiger partial charge in [-0.2, -0.15) is 0 Å². The Morgan fingerprint density at radius 1 is 0.969 bits per heavy atom. The second kappa shape index (κ2) is 10.4. The fourth-order valence-electron chi connectivity index (χ4n) is 4.29. The molecule has 1 fully saturated rings. The molecule has 1 aliphatic heterocycles. The summed E-state index contributed by atoms with van der Waals surface area (Å²) in [5.41, 5.74) is 2.87. The van der Waals surface area contributed by atoms with Crippen LogP contribution >= 0.6 is 0 Å². The number of rotatable bonds is 6. The minimum absolute atomic E-state index is 0.0580. The Bertz CT molecular complexity index is 961. The average Bonchev–Trinajstić information content (AvgIpc) is 3.07. The van der Waals surface area contributed by atoms with Crippen LogP contribution in [0.25, 0.3) is 0 Å². The summed E-state index contributed by atoms with van der Waals surface area (Å²) in [6.45, 7) is 2.22. The van der Waals surface area contributed by atoms with Crippen LogP contribution in [0.3, 0.4) is 0 Å². The summed E-state index contributed by atoms with van der Waals surface area (Å²) in [5.74, 6) is 0.359. The molecule has 1 atom stereocenters. The van der Waals surface area contributed by atoms with E-state index in [1.54, 1.807) is 6.92 Å². The minimum Gasteiger partial charge on any atom is -0.489 e. The number of urea groups is 1. The summed E-state index contributed by atoms with van der Waals surface area (Å²) in [6.07, 6.45) is 6.28. The third-order valence-electron chi connectivity index (χ3n) is 6.03. The molecule has 0 saturated heterocycles. The molecule has 1 heterocycles. The van der Waals surface area contributed by atoms with Crippen LogP contribution in [0.2, 0.25) is 0 Å². The summed E-state index contributed by atoms with van der Waals surface area (Å²) >= 11 is 0. The molecule has 6 heteroatoms. The Hall–Kier alpha value is -3.28. The highest BCUT2D eigenvalue weighted by Gasteiger charge is 2.33. The standard InChI is InChI=1S/C26H30N2O4/c1-18-23(25(29)32-22-11-7-2-3-8-12-22)24(28-26(30)27-18)20-13-15-21(16-14-20)31-17-19-9-5-4-6-10-19/h4-6,9-10,13-16,22,24H,2-3,7-8,11-12,17H2,1H3,(H2,27,28,30). The van der Waals surface area contributed by atoms with E-state index < -0.39 is 6.04 Å². The van der Waals surface area contributed by atoms with Gasteiger partial charge in [-0.1, -0.05) is 55.3 Å². The third kappa shape index (κ3) is 5.49. The number of hydrogen-bond donors (Lipinski definition) is 2. The van der Waals surface area contributed by atoms with Gasteiger partial charge in [0.15, 0.2) is 0 Å². The number of ether oxygens (including phenoxy) is 2. The van der Waals surface area contributed by atoms with Crippen LogP contribution in [0, 0.1) is 0 Å². The number of carbonyl (C=O) groups excluding carboxylic acids is 2. The number of esters is 1. The topological polar surface area (TPSA) is 76.7 Å². The van der Waals surface area contributed by atoms with E-state index in [1.165, 1.54) is 12.8 Å². The quantitative estimate of drug-likeness (QED) is 0.486. The zero-order valence-corrected chi connectivity index (χ0v) is 18.4. The molecule has 2 N–H and O–H groups in total. The molecule has 2 amide bonds. The van der Waals surface area contributed by atoms with Gasteiger partial charge in [-0.25, -0.2) is 9.59 Å². The lowest BCUT2D eigenvalue weighted by Crippen LogP contribution is -2.45. The molecule has 1 unspecified atom stereocenters. The molecule has 4 rings (SSSR count). The van der Waals surface area contributed by atoms with E-state index in [9.17, 15) is 9.59 Å². The molecule has 0 spiro atoms. The summed E-state index contributed by atoms with van der Waals surface area (Å²) in [5, 5.41) is 5.58. The Kier molecular flexibility index (Phi) is 7.10. The van der Waals surface area contributed by atoms with E-state index in [2.05, 4.69) is 10.6 Å². The third-order valence-corrected chi connectivity index (χ3v) is 6.03. The van der Waals surface area contributed by atoms with E-state index in [4.69, 9.17) is 9.47 Å². The Balaban J connectivity index is 1.47. The Morgan fingerprint density at radius 2 is 1.66 bits per heavy atom. The molecule has 2 aromatic rings. The Morgan fingerprint density at radius 3 is 2.34 bits per heavy atom. The first-order valence-corrected chi connectivity index (χ1v) is 11.4. The van der Waals surface area contributed by atoms with Gasteiger partial charge in [0.2, 0.25) is 0 Å². The molecule has 1 saturated carbocycles. The average molecular weight is 435 g/mol. The number of hydrogen-bond acceptors (Lipinski definition) is 4. The van der Waals surface area contributed by atoms with Crippen molar-refractivity contribution in [2.75, 3.05) is 0 Å². The van der Waals surface area contributed by atoms with Crippen molar-refractivity contribution in [2.24, 2.45) is 0 Å². The van der Waals surface area contributed by atoms with Crippen molar-refractivity contribution in [3.63, 3.8) is 0 Å². The largest absolute Gasteiger partial charge is 0.489 e. The summed E-state index contributed by atoms with van der Waals surface area (Å²) < 4.78 is 11.7. The van der Waals surface area contributed by atoms with Gasteiger partial charge in [-0.15, -0.1) is 0 Å². The van der Waals surface area contributed by atoms with Crippen LogP contribution in [0.1, 0.15) is 62.6 Å². The van der Waals surface area contributed by atoms with Crippen molar-refractivity contribution in [3.8, 4) is 5.75 Å². The lowest BCUT2D eigenvalue weighted by Gasteiger charge is -2.29. The number of carbonyl (C=O) groups is 2. The summed E-state index contributed by atoms with van der Waals surface area (Å²) in [4.78, 5) is 25.3. The van der Waals surface area contributed by atoms with Gasteiger partial charge >= 0.3 is 12.0 Å². The first-order valence-electron chi connectivity index (χ1n) is 11.4. The van der Waals surface area contributed by atoms with Gasteiger partial charge in [-0.3, -0.25) is 0 Å². The van der Waals surface area contributed by atoms with E-state index in [1.807, 2.05) is 54.6 Å². The highest BCUT2D eigenvalue weighted by atomic mass is 16.5. The molecule has 0 bridgehead atoms. The van der Waals surface area contributed by atoms with Crippen molar-refractivity contribution in [2.45, 2.75) is 64.2 Å². The highest BCUT2D eigenvalue weighted by molar-refractivity contribution is 5.95. The van der Waals surface area contributed by atoms with E-state index >= 15 is 0 Å².